The highest BCUT2D eigenvalue weighted by molar-refractivity contribution is 4.98. The Morgan fingerprint density at radius 1 is 1.26 bits per heavy atom. The summed E-state index contributed by atoms with van der Waals surface area (Å²) in [5.74, 6) is 2.62. The van der Waals surface area contributed by atoms with Gasteiger partial charge in [-0.25, -0.2) is 9.67 Å². The Kier molecular flexibility index (Phi) is 3.84. The van der Waals surface area contributed by atoms with Crippen molar-refractivity contribution in [2.45, 2.75) is 51.7 Å². The normalized spacial score (nSPS) is 25.5. The minimum atomic E-state index is -0.452. The Morgan fingerprint density at radius 3 is 2.74 bits per heavy atom. The van der Waals surface area contributed by atoms with Gasteiger partial charge in [0.2, 0.25) is 0 Å². The molecule has 1 aromatic heterocycles. The van der Waals surface area contributed by atoms with Gasteiger partial charge >= 0.3 is 0 Å². The van der Waals surface area contributed by atoms with E-state index in [0.29, 0.717) is 5.92 Å². The predicted octanol–water partition coefficient (Wildman–Crippen LogP) is 1.38. The number of piperidine rings is 1. The lowest BCUT2D eigenvalue weighted by molar-refractivity contribution is 0.0642. The number of nitrogens with zero attached hydrogens (tertiary/aromatic N) is 4. The molecule has 3 heterocycles. The highest BCUT2D eigenvalue weighted by Gasteiger charge is 2.24. The summed E-state index contributed by atoms with van der Waals surface area (Å²) >= 11 is 0. The third-order valence-electron chi connectivity index (χ3n) is 4.52. The van der Waals surface area contributed by atoms with E-state index in [1.54, 1.807) is 4.68 Å². The maximum absolute atomic E-state index is 9.90. The van der Waals surface area contributed by atoms with Gasteiger partial charge in [0, 0.05) is 12.8 Å². The van der Waals surface area contributed by atoms with Crippen molar-refractivity contribution in [3.63, 3.8) is 0 Å². The molecule has 19 heavy (non-hydrogen) atoms. The Balaban J connectivity index is 1.61. The molecule has 1 atom stereocenters. The molecule has 106 valence electrons. The van der Waals surface area contributed by atoms with Gasteiger partial charge in [0.15, 0.2) is 5.82 Å². The summed E-state index contributed by atoms with van der Waals surface area (Å²) in [7, 11) is 0. The number of rotatable bonds is 3. The summed E-state index contributed by atoms with van der Waals surface area (Å²) in [4.78, 5) is 7.12. The first kappa shape index (κ1) is 13.1. The van der Waals surface area contributed by atoms with E-state index in [9.17, 15) is 5.11 Å². The molecule has 0 saturated carbocycles. The van der Waals surface area contributed by atoms with Crippen LogP contribution in [0.2, 0.25) is 0 Å². The average molecular weight is 264 g/mol. The van der Waals surface area contributed by atoms with Crippen molar-refractivity contribution in [3.8, 4) is 0 Å². The molecule has 0 amide bonds. The van der Waals surface area contributed by atoms with E-state index in [4.69, 9.17) is 0 Å². The van der Waals surface area contributed by atoms with Gasteiger partial charge in [0.1, 0.15) is 12.1 Å². The fourth-order valence-electron chi connectivity index (χ4n) is 3.23. The van der Waals surface area contributed by atoms with Gasteiger partial charge < -0.3 is 10.0 Å². The largest absolute Gasteiger partial charge is 0.372 e. The molecule has 5 nitrogen and oxygen atoms in total. The number of aromatic nitrogens is 3. The number of aryl methyl sites for hydroxylation is 1. The maximum atomic E-state index is 9.90. The minimum Gasteiger partial charge on any atom is -0.372 e. The first-order valence-corrected chi connectivity index (χ1v) is 7.61. The van der Waals surface area contributed by atoms with Gasteiger partial charge in [-0.1, -0.05) is 6.92 Å². The van der Waals surface area contributed by atoms with Crippen molar-refractivity contribution in [2.24, 2.45) is 5.92 Å². The van der Waals surface area contributed by atoms with Crippen LogP contribution in [0.1, 0.15) is 50.5 Å². The molecule has 0 aromatic carbocycles. The van der Waals surface area contributed by atoms with Crippen LogP contribution in [0.25, 0.3) is 0 Å². The highest BCUT2D eigenvalue weighted by Crippen LogP contribution is 2.24. The van der Waals surface area contributed by atoms with Gasteiger partial charge in [-0.3, -0.25) is 0 Å². The second kappa shape index (κ2) is 5.59. The van der Waals surface area contributed by atoms with E-state index in [2.05, 4.69) is 21.9 Å². The fourth-order valence-corrected chi connectivity index (χ4v) is 3.23. The van der Waals surface area contributed by atoms with Crippen LogP contribution in [0.5, 0.6) is 0 Å². The molecule has 3 rings (SSSR count). The number of aliphatic hydroxyl groups is 1. The Labute approximate surface area is 114 Å². The van der Waals surface area contributed by atoms with Gasteiger partial charge in [-0.05, 0) is 51.2 Å². The van der Waals surface area contributed by atoms with Crippen LogP contribution in [0, 0.1) is 5.92 Å². The SMILES string of the molecule is CCN1CCC(Cc2nc3n(n2)C(O)CCC3)CC1. The monoisotopic (exact) mass is 264 g/mol. The summed E-state index contributed by atoms with van der Waals surface area (Å²) < 4.78 is 1.74. The van der Waals surface area contributed by atoms with Gasteiger partial charge in [0.25, 0.3) is 0 Å². The van der Waals surface area contributed by atoms with Crippen LogP contribution in [0.15, 0.2) is 0 Å². The molecule has 1 aromatic rings. The van der Waals surface area contributed by atoms with E-state index < -0.39 is 6.23 Å². The maximum Gasteiger partial charge on any atom is 0.151 e. The third kappa shape index (κ3) is 2.82. The molecule has 1 saturated heterocycles. The highest BCUT2D eigenvalue weighted by atomic mass is 16.3. The predicted molar refractivity (Wildman–Crippen MR) is 72.8 cm³/mol. The molecular weight excluding hydrogens is 240 g/mol. The van der Waals surface area contributed by atoms with Crippen molar-refractivity contribution in [2.75, 3.05) is 19.6 Å². The fraction of sp³-hybridized carbons (Fsp3) is 0.857. The number of aliphatic hydroxyl groups excluding tert-OH is 1. The molecule has 0 bridgehead atoms. The third-order valence-corrected chi connectivity index (χ3v) is 4.52. The molecule has 0 aliphatic carbocycles. The van der Waals surface area contributed by atoms with E-state index in [0.717, 1.165) is 43.9 Å². The van der Waals surface area contributed by atoms with Crippen LogP contribution in [-0.2, 0) is 12.8 Å². The lowest BCUT2D eigenvalue weighted by Gasteiger charge is -2.30. The molecule has 2 aliphatic heterocycles. The van der Waals surface area contributed by atoms with Crippen LogP contribution in [-0.4, -0.2) is 44.4 Å². The Bertz CT molecular complexity index is 423. The quantitative estimate of drug-likeness (QED) is 0.896. The number of hydrogen-bond donors (Lipinski definition) is 1. The van der Waals surface area contributed by atoms with Crippen molar-refractivity contribution in [1.29, 1.82) is 0 Å². The zero-order valence-electron chi connectivity index (χ0n) is 11.8. The summed E-state index contributed by atoms with van der Waals surface area (Å²) in [6, 6.07) is 0. The van der Waals surface area contributed by atoms with Crippen molar-refractivity contribution < 1.29 is 5.11 Å². The van der Waals surface area contributed by atoms with Crippen molar-refractivity contribution in [1.82, 2.24) is 19.7 Å². The van der Waals surface area contributed by atoms with Crippen LogP contribution in [0.4, 0.5) is 0 Å². The lowest BCUT2D eigenvalue weighted by atomic mass is 9.93. The molecule has 1 N–H and O–H groups in total. The van der Waals surface area contributed by atoms with E-state index in [1.165, 1.54) is 25.9 Å². The van der Waals surface area contributed by atoms with E-state index in [-0.39, 0.29) is 0 Å². The number of hydrogen-bond acceptors (Lipinski definition) is 4. The van der Waals surface area contributed by atoms with Crippen LogP contribution >= 0.6 is 0 Å². The van der Waals surface area contributed by atoms with Crippen LogP contribution in [0.3, 0.4) is 0 Å². The Hall–Kier alpha value is -0.940. The summed E-state index contributed by atoms with van der Waals surface area (Å²) in [5, 5.41) is 14.4. The number of likely N-dealkylation sites (tertiary alicyclic amines) is 1. The van der Waals surface area contributed by atoms with Gasteiger partial charge in [0.05, 0.1) is 0 Å². The summed E-state index contributed by atoms with van der Waals surface area (Å²) in [6.45, 7) is 5.80. The lowest BCUT2D eigenvalue weighted by Crippen LogP contribution is -2.34. The molecule has 5 heteroatoms. The van der Waals surface area contributed by atoms with Crippen LogP contribution < -0.4 is 0 Å². The van der Waals surface area contributed by atoms with Crippen molar-refractivity contribution >= 4 is 0 Å². The molecule has 1 fully saturated rings. The second-order valence-corrected chi connectivity index (χ2v) is 5.84. The van der Waals surface area contributed by atoms with Gasteiger partial charge in [-0.15, -0.1) is 0 Å². The smallest absolute Gasteiger partial charge is 0.151 e. The Morgan fingerprint density at radius 2 is 2.05 bits per heavy atom. The van der Waals surface area contributed by atoms with Gasteiger partial charge in [-0.2, -0.15) is 5.10 Å². The minimum absolute atomic E-state index is 0.452. The average Bonchev–Trinajstić information content (AvgIpc) is 2.84. The number of fused-ring (bicyclic) bond motifs is 1. The zero-order valence-corrected chi connectivity index (χ0v) is 11.8. The van der Waals surface area contributed by atoms with E-state index in [1.807, 2.05) is 0 Å². The van der Waals surface area contributed by atoms with E-state index >= 15 is 0 Å². The summed E-state index contributed by atoms with van der Waals surface area (Å²) in [5.41, 5.74) is 0. The second-order valence-electron chi connectivity index (χ2n) is 5.84. The van der Waals surface area contributed by atoms with Crippen molar-refractivity contribution in [3.05, 3.63) is 11.6 Å². The zero-order chi connectivity index (χ0) is 13.2. The topological polar surface area (TPSA) is 54.2 Å². The molecule has 2 aliphatic rings. The molecule has 1 unspecified atom stereocenters. The first-order chi connectivity index (χ1) is 9.26. The molecular formula is C14H24N4O. The standard InChI is InChI=1S/C14H24N4O/c1-2-17-8-6-11(7-9-17)10-12-15-13-4-3-5-14(19)18(13)16-12/h11,14,19H,2-10H2,1H3. The molecule has 0 spiro atoms. The first-order valence-electron chi connectivity index (χ1n) is 7.61. The molecule has 0 radical (unpaired) electrons. The summed E-state index contributed by atoms with van der Waals surface area (Å²) in [6.07, 6.45) is 5.81.